The summed E-state index contributed by atoms with van der Waals surface area (Å²) < 4.78 is 0. The Balaban J connectivity index is 1.57. The van der Waals surface area contributed by atoms with E-state index in [-0.39, 0.29) is 12.6 Å². The summed E-state index contributed by atoms with van der Waals surface area (Å²) in [5.74, 6) is 1.85. The minimum absolute atomic E-state index is 0.214. The van der Waals surface area contributed by atoms with Crippen molar-refractivity contribution in [2.75, 3.05) is 37.7 Å². The SMILES string of the molecule is C[C@H](CO)N1CCN(c2cncc(SCc3ccccc3)n2)CC1. The molecular formula is C18H24N4OS. The van der Waals surface area contributed by atoms with Crippen LogP contribution in [0.25, 0.3) is 0 Å². The summed E-state index contributed by atoms with van der Waals surface area (Å²) in [6.45, 7) is 6.02. The van der Waals surface area contributed by atoms with E-state index in [1.165, 1.54) is 5.56 Å². The molecule has 0 bridgehead atoms. The van der Waals surface area contributed by atoms with Crippen LogP contribution in [0, 0.1) is 0 Å². The van der Waals surface area contributed by atoms with E-state index < -0.39 is 0 Å². The molecule has 128 valence electrons. The zero-order valence-electron chi connectivity index (χ0n) is 14.0. The third-order valence-corrected chi connectivity index (χ3v) is 5.33. The van der Waals surface area contributed by atoms with Gasteiger partial charge in [-0.25, -0.2) is 4.98 Å². The summed E-state index contributed by atoms with van der Waals surface area (Å²) in [6, 6.07) is 10.6. The lowest BCUT2D eigenvalue weighted by molar-refractivity contribution is 0.128. The second-order valence-electron chi connectivity index (χ2n) is 6.04. The molecule has 0 aliphatic carbocycles. The minimum Gasteiger partial charge on any atom is -0.395 e. The Morgan fingerprint density at radius 1 is 1.12 bits per heavy atom. The Kier molecular flexibility index (Phi) is 6.07. The van der Waals surface area contributed by atoms with Gasteiger partial charge >= 0.3 is 0 Å². The van der Waals surface area contributed by atoms with E-state index in [0.29, 0.717) is 0 Å². The van der Waals surface area contributed by atoms with Crippen LogP contribution in [-0.4, -0.2) is 58.8 Å². The van der Waals surface area contributed by atoms with Gasteiger partial charge in [0, 0.05) is 38.0 Å². The first-order valence-corrected chi connectivity index (χ1v) is 9.33. The van der Waals surface area contributed by atoms with Crippen LogP contribution in [0.2, 0.25) is 0 Å². The van der Waals surface area contributed by atoms with E-state index >= 15 is 0 Å². The lowest BCUT2D eigenvalue weighted by Crippen LogP contribution is -2.50. The number of aliphatic hydroxyl groups is 1. The van der Waals surface area contributed by atoms with Crippen LogP contribution in [0.15, 0.2) is 47.8 Å². The van der Waals surface area contributed by atoms with Crippen molar-refractivity contribution >= 4 is 17.6 Å². The molecule has 2 aromatic rings. The highest BCUT2D eigenvalue weighted by molar-refractivity contribution is 7.98. The van der Waals surface area contributed by atoms with Crippen LogP contribution in [0.4, 0.5) is 5.82 Å². The standard InChI is InChI=1S/C18H24N4OS/c1-15(13-23)21-7-9-22(10-8-21)17-11-19-12-18(20-17)24-14-16-5-3-2-4-6-16/h2-6,11-12,15,23H,7-10,13-14H2,1H3/t15-/m1/s1. The number of benzene rings is 1. The molecule has 0 radical (unpaired) electrons. The summed E-state index contributed by atoms with van der Waals surface area (Å²) in [6.07, 6.45) is 3.68. The van der Waals surface area contributed by atoms with Gasteiger partial charge in [-0.15, -0.1) is 11.8 Å². The molecule has 3 rings (SSSR count). The maximum absolute atomic E-state index is 9.28. The Morgan fingerprint density at radius 2 is 1.88 bits per heavy atom. The van der Waals surface area contributed by atoms with Gasteiger partial charge in [-0.1, -0.05) is 30.3 Å². The number of anilines is 1. The van der Waals surface area contributed by atoms with Crippen LogP contribution in [-0.2, 0) is 5.75 Å². The Morgan fingerprint density at radius 3 is 2.58 bits per heavy atom. The summed E-state index contributed by atoms with van der Waals surface area (Å²) in [5, 5.41) is 10.2. The zero-order valence-corrected chi connectivity index (χ0v) is 14.8. The first-order valence-electron chi connectivity index (χ1n) is 8.35. The largest absolute Gasteiger partial charge is 0.395 e. The van der Waals surface area contributed by atoms with Gasteiger partial charge in [-0.05, 0) is 12.5 Å². The van der Waals surface area contributed by atoms with Gasteiger partial charge in [0.2, 0.25) is 0 Å². The molecule has 0 spiro atoms. The zero-order chi connectivity index (χ0) is 16.8. The summed E-state index contributed by atoms with van der Waals surface area (Å²) in [4.78, 5) is 13.7. The van der Waals surface area contributed by atoms with Gasteiger partial charge in [0.05, 0.1) is 19.0 Å². The number of hydrogen-bond donors (Lipinski definition) is 1. The van der Waals surface area contributed by atoms with Crippen molar-refractivity contribution in [2.24, 2.45) is 0 Å². The summed E-state index contributed by atoms with van der Waals surface area (Å²) in [7, 11) is 0. The molecule has 1 aromatic carbocycles. The van der Waals surface area contributed by atoms with E-state index in [1.54, 1.807) is 11.8 Å². The highest BCUT2D eigenvalue weighted by Crippen LogP contribution is 2.23. The molecule has 2 heterocycles. The van der Waals surface area contributed by atoms with Gasteiger partial charge in [0.15, 0.2) is 0 Å². The first kappa shape index (κ1) is 17.2. The molecule has 1 saturated heterocycles. The first-order chi connectivity index (χ1) is 11.8. The number of rotatable bonds is 6. The van der Waals surface area contributed by atoms with Crippen molar-refractivity contribution in [2.45, 2.75) is 23.7 Å². The highest BCUT2D eigenvalue weighted by Gasteiger charge is 2.21. The average molecular weight is 344 g/mol. The number of aromatic nitrogens is 2. The van der Waals surface area contributed by atoms with Crippen LogP contribution in [0.3, 0.4) is 0 Å². The van der Waals surface area contributed by atoms with E-state index in [0.717, 1.165) is 42.8 Å². The lowest BCUT2D eigenvalue weighted by atomic mass is 10.2. The van der Waals surface area contributed by atoms with Crippen LogP contribution in [0.5, 0.6) is 0 Å². The second kappa shape index (κ2) is 8.46. The molecular weight excluding hydrogens is 320 g/mol. The summed E-state index contributed by atoms with van der Waals surface area (Å²) >= 11 is 1.72. The average Bonchev–Trinajstić information content (AvgIpc) is 2.67. The van der Waals surface area contributed by atoms with Crippen molar-refractivity contribution in [1.29, 1.82) is 0 Å². The van der Waals surface area contributed by atoms with Crippen LogP contribution >= 0.6 is 11.8 Å². The Bertz CT molecular complexity index is 632. The Labute approximate surface area is 147 Å². The molecule has 1 aliphatic rings. The van der Waals surface area contributed by atoms with E-state index in [4.69, 9.17) is 4.98 Å². The molecule has 1 N–H and O–H groups in total. The number of thioether (sulfide) groups is 1. The number of aliphatic hydroxyl groups excluding tert-OH is 1. The number of nitrogens with zero attached hydrogens (tertiary/aromatic N) is 4. The van der Waals surface area contributed by atoms with E-state index in [2.05, 4.69) is 46.0 Å². The van der Waals surface area contributed by atoms with E-state index in [9.17, 15) is 5.11 Å². The van der Waals surface area contributed by atoms with Crippen molar-refractivity contribution in [1.82, 2.24) is 14.9 Å². The van der Waals surface area contributed by atoms with Gasteiger partial charge in [0.25, 0.3) is 0 Å². The van der Waals surface area contributed by atoms with E-state index in [1.807, 2.05) is 18.5 Å². The Hall–Kier alpha value is -1.63. The lowest BCUT2D eigenvalue weighted by Gasteiger charge is -2.37. The van der Waals surface area contributed by atoms with Crippen molar-refractivity contribution < 1.29 is 5.11 Å². The maximum Gasteiger partial charge on any atom is 0.148 e. The van der Waals surface area contributed by atoms with Crippen molar-refractivity contribution in [3.8, 4) is 0 Å². The van der Waals surface area contributed by atoms with Gasteiger partial charge < -0.3 is 10.0 Å². The van der Waals surface area contributed by atoms with Gasteiger partial charge in [-0.3, -0.25) is 9.88 Å². The monoisotopic (exact) mass is 344 g/mol. The number of hydrogen-bond acceptors (Lipinski definition) is 6. The predicted molar refractivity (Wildman–Crippen MR) is 98.4 cm³/mol. The molecule has 6 heteroatoms. The normalized spacial score (nSPS) is 17.0. The maximum atomic E-state index is 9.28. The van der Waals surface area contributed by atoms with Crippen LogP contribution < -0.4 is 4.90 Å². The molecule has 1 fully saturated rings. The van der Waals surface area contributed by atoms with Gasteiger partial charge in [-0.2, -0.15) is 0 Å². The van der Waals surface area contributed by atoms with Gasteiger partial charge in [0.1, 0.15) is 10.8 Å². The fraction of sp³-hybridized carbons (Fsp3) is 0.444. The molecule has 1 atom stereocenters. The predicted octanol–water partition coefficient (Wildman–Crippen LogP) is 2.27. The topological polar surface area (TPSA) is 52.5 Å². The summed E-state index contributed by atoms with van der Waals surface area (Å²) in [5.41, 5.74) is 1.29. The van der Waals surface area contributed by atoms with Crippen LogP contribution in [0.1, 0.15) is 12.5 Å². The quantitative estimate of drug-likeness (QED) is 0.812. The highest BCUT2D eigenvalue weighted by atomic mass is 32.2. The molecule has 24 heavy (non-hydrogen) atoms. The minimum atomic E-state index is 0.214. The molecule has 0 saturated carbocycles. The van der Waals surface area contributed by atoms with Crippen molar-refractivity contribution in [3.63, 3.8) is 0 Å². The molecule has 0 unspecified atom stereocenters. The molecule has 1 aromatic heterocycles. The second-order valence-corrected chi connectivity index (χ2v) is 7.04. The fourth-order valence-electron chi connectivity index (χ4n) is 2.80. The third-order valence-electron chi connectivity index (χ3n) is 4.36. The third kappa shape index (κ3) is 4.47. The number of piperazine rings is 1. The molecule has 5 nitrogen and oxygen atoms in total. The molecule has 1 aliphatic heterocycles. The smallest absolute Gasteiger partial charge is 0.148 e. The fourth-order valence-corrected chi connectivity index (χ4v) is 3.60. The molecule has 0 amide bonds. The van der Waals surface area contributed by atoms with Crippen molar-refractivity contribution in [3.05, 3.63) is 48.3 Å².